The zero-order valence-electron chi connectivity index (χ0n) is 15.2. The van der Waals surface area contributed by atoms with Gasteiger partial charge in [0.25, 0.3) is 11.1 Å². The molecule has 10 heteroatoms. The number of benzene rings is 1. The van der Waals surface area contributed by atoms with Crippen LogP contribution in [0, 0.1) is 0 Å². The van der Waals surface area contributed by atoms with E-state index < -0.39 is 40.4 Å². The molecule has 0 spiro atoms. The highest BCUT2D eigenvalue weighted by Gasteiger charge is 2.44. The summed E-state index contributed by atoms with van der Waals surface area (Å²) in [5, 5.41) is 11.8. The maximum absolute atomic E-state index is 12.4. The summed E-state index contributed by atoms with van der Waals surface area (Å²) in [7, 11) is 2.47. The van der Waals surface area contributed by atoms with Crippen LogP contribution >= 0.6 is 11.8 Å². The van der Waals surface area contributed by atoms with Gasteiger partial charge in [-0.05, 0) is 23.4 Å². The molecule has 1 aromatic heterocycles. The summed E-state index contributed by atoms with van der Waals surface area (Å²) in [5.41, 5.74) is 1.66. The van der Waals surface area contributed by atoms with Gasteiger partial charge in [-0.3, -0.25) is 19.3 Å². The number of aliphatic hydroxyl groups excluding tert-OH is 1. The van der Waals surface area contributed by atoms with E-state index >= 15 is 0 Å². The molecule has 3 N–H and O–H groups in total. The van der Waals surface area contributed by atoms with Gasteiger partial charge in [-0.1, -0.05) is 18.2 Å². The van der Waals surface area contributed by atoms with Crippen molar-refractivity contribution < 1.29 is 29.0 Å². The fraction of sp³-hybridized carbons (Fsp3) is 0.333. The number of hydrogen-bond acceptors (Lipinski definition) is 7. The van der Waals surface area contributed by atoms with Crippen LogP contribution in [0.15, 0.2) is 30.5 Å². The average Bonchev–Trinajstić information content (AvgIpc) is 3.22. The number of thioether (sulfide) groups is 1. The van der Waals surface area contributed by atoms with Crippen LogP contribution in [0.2, 0.25) is 0 Å². The Labute approximate surface area is 164 Å². The number of imide groups is 1. The summed E-state index contributed by atoms with van der Waals surface area (Å²) in [6.07, 6.45) is 0.0777. The number of esters is 1. The van der Waals surface area contributed by atoms with Crippen molar-refractivity contribution in [1.82, 2.24) is 15.2 Å². The highest BCUT2D eigenvalue weighted by Crippen LogP contribution is 2.28. The molecule has 1 fully saturated rings. The van der Waals surface area contributed by atoms with Gasteiger partial charge in [-0.25, -0.2) is 4.79 Å². The van der Waals surface area contributed by atoms with Crippen molar-refractivity contribution in [2.45, 2.75) is 23.8 Å². The standard InChI is InChI=1S/C18H19N3O6S/c1-21-16(24)14(28-18(21)26)13(22)15(23)20-12(17(25)27-2)7-9-8-19-11-6-4-3-5-10(9)11/h3-6,8,12-14,19,22H,7H2,1-2H3,(H,20,23)/t12-,13?,14?/m0/s1. The highest BCUT2D eigenvalue weighted by molar-refractivity contribution is 8.15. The van der Waals surface area contributed by atoms with Gasteiger partial charge in [0.05, 0.1) is 7.11 Å². The Balaban J connectivity index is 1.75. The van der Waals surface area contributed by atoms with E-state index in [9.17, 15) is 24.3 Å². The number of methoxy groups -OCH3 is 1. The third kappa shape index (κ3) is 3.73. The van der Waals surface area contributed by atoms with Gasteiger partial charge in [0, 0.05) is 30.6 Å². The molecule has 2 unspecified atom stereocenters. The summed E-state index contributed by atoms with van der Waals surface area (Å²) in [6, 6.07) is 6.41. The van der Waals surface area contributed by atoms with Crippen LogP contribution in [0.4, 0.5) is 4.79 Å². The molecule has 2 heterocycles. The van der Waals surface area contributed by atoms with Crippen molar-refractivity contribution in [3.8, 4) is 0 Å². The van der Waals surface area contributed by atoms with Gasteiger partial charge in [-0.2, -0.15) is 0 Å². The Bertz CT molecular complexity index is 942. The Morgan fingerprint density at radius 1 is 1.36 bits per heavy atom. The number of carbonyl (C=O) groups excluding carboxylic acids is 4. The van der Waals surface area contributed by atoms with Crippen LogP contribution in [-0.2, 0) is 25.5 Å². The lowest BCUT2D eigenvalue weighted by molar-refractivity contribution is -0.146. The summed E-state index contributed by atoms with van der Waals surface area (Å²) < 4.78 is 4.75. The number of carbonyl (C=O) groups is 4. The van der Waals surface area contributed by atoms with E-state index in [-0.39, 0.29) is 6.42 Å². The van der Waals surface area contributed by atoms with Crippen molar-refractivity contribution >= 4 is 45.7 Å². The molecule has 1 saturated heterocycles. The minimum Gasteiger partial charge on any atom is -0.467 e. The first-order valence-electron chi connectivity index (χ1n) is 8.43. The minimum atomic E-state index is -1.78. The van der Waals surface area contributed by atoms with Gasteiger partial charge >= 0.3 is 5.97 Å². The molecule has 9 nitrogen and oxygen atoms in total. The molecule has 28 heavy (non-hydrogen) atoms. The Hall–Kier alpha value is -2.85. The number of ether oxygens (including phenoxy) is 1. The molecule has 0 aliphatic carbocycles. The summed E-state index contributed by atoms with van der Waals surface area (Å²) >= 11 is 0.572. The molecule has 148 valence electrons. The second-order valence-corrected chi connectivity index (χ2v) is 7.39. The third-order valence-electron chi connectivity index (χ3n) is 4.53. The van der Waals surface area contributed by atoms with E-state index in [1.807, 2.05) is 24.3 Å². The fourth-order valence-electron chi connectivity index (χ4n) is 2.97. The zero-order chi connectivity index (χ0) is 20.4. The van der Waals surface area contributed by atoms with Crippen molar-refractivity contribution in [2.24, 2.45) is 0 Å². The number of rotatable bonds is 6. The first-order valence-corrected chi connectivity index (χ1v) is 9.31. The molecule has 0 bridgehead atoms. The molecule has 1 aliphatic heterocycles. The number of aromatic amines is 1. The number of amides is 3. The van der Waals surface area contributed by atoms with Crippen LogP contribution in [-0.4, -0.2) is 69.6 Å². The van der Waals surface area contributed by atoms with Crippen LogP contribution in [0.25, 0.3) is 10.9 Å². The number of aliphatic hydroxyl groups is 1. The molecule has 1 aromatic carbocycles. The predicted molar refractivity (Wildman–Crippen MR) is 102 cm³/mol. The lowest BCUT2D eigenvalue weighted by atomic mass is 10.0. The van der Waals surface area contributed by atoms with E-state index in [1.165, 1.54) is 14.2 Å². The smallest absolute Gasteiger partial charge is 0.328 e. The largest absolute Gasteiger partial charge is 0.467 e. The number of nitrogens with one attached hydrogen (secondary N) is 2. The van der Waals surface area contributed by atoms with Gasteiger partial charge in [0.2, 0.25) is 5.91 Å². The first-order chi connectivity index (χ1) is 13.3. The number of para-hydroxylation sites is 1. The molecule has 3 amide bonds. The Morgan fingerprint density at radius 3 is 2.71 bits per heavy atom. The number of aromatic nitrogens is 1. The highest BCUT2D eigenvalue weighted by atomic mass is 32.2. The monoisotopic (exact) mass is 405 g/mol. The SMILES string of the molecule is COC(=O)[C@H](Cc1c[nH]c2ccccc12)NC(=O)C(O)C1SC(=O)N(C)C1=O. The maximum atomic E-state index is 12.4. The quantitative estimate of drug-likeness (QED) is 0.594. The van der Waals surface area contributed by atoms with Crippen molar-refractivity contribution in [2.75, 3.05) is 14.2 Å². The summed E-state index contributed by atoms with van der Waals surface area (Å²) in [4.78, 5) is 52.1. The molecule has 3 atom stereocenters. The minimum absolute atomic E-state index is 0.125. The molecule has 2 aromatic rings. The fourth-order valence-corrected chi connectivity index (χ4v) is 3.95. The van der Waals surface area contributed by atoms with Crippen LogP contribution in [0.5, 0.6) is 0 Å². The normalized spacial score (nSPS) is 19.0. The third-order valence-corrected chi connectivity index (χ3v) is 5.72. The lowest BCUT2D eigenvalue weighted by Gasteiger charge is -2.20. The summed E-state index contributed by atoms with van der Waals surface area (Å²) in [6.45, 7) is 0. The molecule has 0 saturated carbocycles. The topological polar surface area (TPSA) is 129 Å². The van der Waals surface area contributed by atoms with Gasteiger partial charge in [0.1, 0.15) is 11.3 Å². The molecule has 1 aliphatic rings. The first kappa shape index (κ1) is 19.9. The van der Waals surface area contributed by atoms with Crippen LogP contribution in [0.1, 0.15) is 5.56 Å². The van der Waals surface area contributed by atoms with Crippen molar-refractivity contribution in [3.63, 3.8) is 0 Å². The van der Waals surface area contributed by atoms with Crippen molar-refractivity contribution in [3.05, 3.63) is 36.0 Å². The second-order valence-electron chi connectivity index (χ2n) is 6.29. The van der Waals surface area contributed by atoms with Gasteiger partial charge < -0.3 is 20.1 Å². The maximum Gasteiger partial charge on any atom is 0.328 e. The molecular weight excluding hydrogens is 386 g/mol. The van der Waals surface area contributed by atoms with Gasteiger partial charge in [0.15, 0.2) is 6.10 Å². The second kappa shape index (κ2) is 8.03. The zero-order valence-corrected chi connectivity index (χ0v) is 16.0. The van der Waals surface area contributed by atoms with Gasteiger partial charge in [-0.15, -0.1) is 0 Å². The van der Waals surface area contributed by atoms with E-state index in [4.69, 9.17) is 4.74 Å². The van der Waals surface area contributed by atoms with E-state index in [0.29, 0.717) is 11.8 Å². The van der Waals surface area contributed by atoms with Crippen LogP contribution < -0.4 is 5.32 Å². The molecular formula is C18H19N3O6S. The van der Waals surface area contributed by atoms with E-state index in [1.54, 1.807) is 6.20 Å². The Morgan fingerprint density at radius 2 is 2.07 bits per heavy atom. The van der Waals surface area contributed by atoms with E-state index in [0.717, 1.165) is 21.4 Å². The number of fused-ring (bicyclic) bond motifs is 1. The summed E-state index contributed by atoms with van der Waals surface area (Å²) in [5.74, 6) is -2.28. The Kier molecular flexibility index (Phi) is 5.71. The number of nitrogens with zero attached hydrogens (tertiary/aromatic N) is 1. The average molecular weight is 405 g/mol. The number of hydrogen-bond donors (Lipinski definition) is 3. The van der Waals surface area contributed by atoms with Crippen molar-refractivity contribution in [1.29, 1.82) is 0 Å². The lowest BCUT2D eigenvalue weighted by Crippen LogP contribution is -2.51. The predicted octanol–water partition coefficient (Wildman–Crippen LogP) is 0.423. The number of H-pyrrole nitrogens is 1. The van der Waals surface area contributed by atoms with Crippen LogP contribution in [0.3, 0.4) is 0 Å². The molecule has 3 rings (SSSR count). The van der Waals surface area contributed by atoms with E-state index in [2.05, 4.69) is 10.3 Å². The molecule has 0 radical (unpaired) electrons.